The first-order valence-electron chi connectivity index (χ1n) is 9.76. The monoisotopic (exact) mass is 441 g/mol. The van der Waals surface area contributed by atoms with Gasteiger partial charge in [0.2, 0.25) is 11.8 Å². The molecule has 1 fully saturated rings. The molecule has 0 N–H and O–H groups in total. The summed E-state index contributed by atoms with van der Waals surface area (Å²) in [5.74, 6) is -0.331. The SMILES string of the molecule is CC1(C)CN(C(=O)C2CC(=O)N(c3cccc(C#N)c3)C2)c2cc(Cl)c(CCl)cc21. The molecule has 2 heterocycles. The van der Waals surface area contributed by atoms with Gasteiger partial charge in [-0.2, -0.15) is 5.26 Å². The van der Waals surface area contributed by atoms with Gasteiger partial charge in [0, 0.05) is 47.2 Å². The van der Waals surface area contributed by atoms with E-state index in [1.54, 1.807) is 34.1 Å². The number of fused-ring (bicyclic) bond motifs is 1. The van der Waals surface area contributed by atoms with Gasteiger partial charge < -0.3 is 9.80 Å². The van der Waals surface area contributed by atoms with Gasteiger partial charge in [-0.25, -0.2) is 0 Å². The summed E-state index contributed by atoms with van der Waals surface area (Å²) in [6, 6.07) is 12.8. The zero-order valence-corrected chi connectivity index (χ0v) is 18.3. The maximum Gasteiger partial charge on any atom is 0.232 e. The van der Waals surface area contributed by atoms with E-state index in [1.165, 1.54) is 0 Å². The minimum Gasteiger partial charge on any atom is -0.312 e. The van der Waals surface area contributed by atoms with Gasteiger partial charge in [0.15, 0.2) is 0 Å². The van der Waals surface area contributed by atoms with Gasteiger partial charge in [-0.05, 0) is 35.4 Å². The molecule has 0 spiro atoms. The van der Waals surface area contributed by atoms with Crippen LogP contribution in [0.2, 0.25) is 5.02 Å². The molecule has 0 bridgehead atoms. The molecule has 1 saturated heterocycles. The second kappa shape index (κ2) is 7.61. The van der Waals surface area contributed by atoms with Crippen molar-refractivity contribution in [2.24, 2.45) is 5.92 Å². The Labute approximate surface area is 185 Å². The van der Waals surface area contributed by atoms with Gasteiger partial charge in [0.1, 0.15) is 0 Å². The number of hydrogen-bond donors (Lipinski definition) is 0. The molecule has 0 aromatic heterocycles. The topological polar surface area (TPSA) is 64.4 Å². The lowest BCUT2D eigenvalue weighted by Gasteiger charge is -2.24. The minimum atomic E-state index is -0.448. The summed E-state index contributed by atoms with van der Waals surface area (Å²) in [7, 11) is 0. The lowest BCUT2D eigenvalue weighted by Crippen LogP contribution is -2.39. The second-order valence-corrected chi connectivity index (χ2v) is 9.14. The molecule has 2 aromatic carbocycles. The zero-order valence-electron chi connectivity index (χ0n) is 16.8. The van der Waals surface area contributed by atoms with E-state index >= 15 is 0 Å². The predicted octanol–water partition coefficient (Wildman–Crippen LogP) is 4.63. The van der Waals surface area contributed by atoms with Crippen molar-refractivity contribution in [1.29, 1.82) is 5.26 Å². The summed E-state index contributed by atoms with van der Waals surface area (Å²) in [5, 5.41) is 9.66. The maximum atomic E-state index is 13.4. The van der Waals surface area contributed by atoms with Crippen LogP contribution in [0.25, 0.3) is 0 Å². The van der Waals surface area contributed by atoms with Crippen LogP contribution in [-0.4, -0.2) is 24.9 Å². The summed E-state index contributed by atoms with van der Waals surface area (Å²) in [4.78, 5) is 29.4. The van der Waals surface area contributed by atoms with E-state index in [9.17, 15) is 9.59 Å². The lowest BCUT2D eigenvalue weighted by atomic mass is 9.86. The fourth-order valence-corrected chi connectivity index (χ4v) is 4.84. The van der Waals surface area contributed by atoms with Gasteiger partial charge in [-0.1, -0.05) is 37.6 Å². The molecule has 0 saturated carbocycles. The van der Waals surface area contributed by atoms with Crippen molar-refractivity contribution in [3.05, 3.63) is 58.1 Å². The van der Waals surface area contributed by atoms with Crippen molar-refractivity contribution in [3.63, 3.8) is 0 Å². The van der Waals surface area contributed by atoms with Crippen LogP contribution in [0.3, 0.4) is 0 Å². The summed E-state index contributed by atoms with van der Waals surface area (Å²) in [6.45, 7) is 5.00. The third-order valence-electron chi connectivity index (χ3n) is 5.91. The maximum absolute atomic E-state index is 13.4. The average molecular weight is 442 g/mol. The molecule has 0 aliphatic carbocycles. The number of benzene rings is 2. The number of anilines is 2. The predicted molar refractivity (Wildman–Crippen MR) is 118 cm³/mol. The Morgan fingerprint density at radius 3 is 2.77 bits per heavy atom. The fourth-order valence-electron chi connectivity index (χ4n) is 4.32. The fraction of sp³-hybridized carbons (Fsp3) is 0.348. The van der Waals surface area contributed by atoms with Crippen LogP contribution in [0.4, 0.5) is 11.4 Å². The Kier molecular flexibility index (Phi) is 5.25. The summed E-state index contributed by atoms with van der Waals surface area (Å²) >= 11 is 12.4. The Bertz CT molecular complexity index is 1090. The van der Waals surface area contributed by atoms with E-state index < -0.39 is 5.92 Å². The second-order valence-electron chi connectivity index (χ2n) is 8.47. The third kappa shape index (κ3) is 3.45. The standard InChI is InChI=1S/C23H21Cl2N3O2/c1-23(2)13-28(20-9-19(25)15(10-24)7-18(20)23)22(30)16-8-21(29)27(12-16)17-5-3-4-14(6-17)11-26/h3-7,9,16H,8,10,12-13H2,1-2H3. The molecule has 5 nitrogen and oxygen atoms in total. The first-order valence-corrected chi connectivity index (χ1v) is 10.7. The van der Waals surface area contributed by atoms with E-state index in [1.807, 2.05) is 12.1 Å². The van der Waals surface area contributed by atoms with Crippen molar-refractivity contribution < 1.29 is 9.59 Å². The number of alkyl halides is 1. The van der Waals surface area contributed by atoms with E-state index in [-0.39, 0.29) is 23.7 Å². The largest absolute Gasteiger partial charge is 0.312 e. The van der Waals surface area contributed by atoms with Crippen molar-refractivity contribution in [3.8, 4) is 6.07 Å². The number of carbonyl (C=O) groups excluding carboxylic acids is 2. The van der Waals surface area contributed by atoms with Gasteiger partial charge in [0.25, 0.3) is 0 Å². The minimum absolute atomic E-state index is 0.0798. The molecule has 0 radical (unpaired) electrons. The van der Waals surface area contributed by atoms with Crippen molar-refractivity contribution in [2.45, 2.75) is 31.6 Å². The highest BCUT2D eigenvalue weighted by molar-refractivity contribution is 6.32. The highest BCUT2D eigenvalue weighted by Gasteiger charge is 2.43. The molecule has 154 valence electrons. The third-order valence-corrected chi connectivity index (χ3v) is 6.55. The van der Waals surface area contributed by atoms with E-state index in [4.69, 9.17) is 28.5 Å². The van der Waals surface area contributed by atoms with Gasteiger partial charge in [-0.15, -0.1) is 11.6 Å². The van der Waals surface area contributed by atoms with E-state index in [0.717, 1.165) is 16.8 Å². The lowest BCUT2D eigenvalue weighted by molar-refractivity contribution is -0.124. The molecule has 1 atom stereocenters. The number of nitriles is 1. The number of nitrogens with zero attached hydrogens (tertiary/aromatic N) is 3. The number of carbonyl (C=O) groups is 2. The average Bonchev–Trinajstić information content (AvgIpc) is 3.24. The van der Waals surface area contributed by atoms with E-state index in [0.29, 0.717) is 35.2 Å². The number of amides is 2. The zero-order chi connectivity index (χ0) is 21.6. The van der Waals surface area contributed by atoms with E-state index in [2.05, 4.69) is 19.9 Å². The van der Waals surface area contributed by atoms with Crippen molar-refractivity contribution in [2.75, 3.05) is 22.9 Å². The molecule has 2 amide bonds. The Morgan fingerprint density at radius 1 is 1.30 bits per heavy atom. The number of rotatable bonds is 3. The van der Waals surface area contributed by atoms with Crippen LogP contribution in [0.5, 0.6) is 0 Å². The Morgan fingerprint density at radius 2 is 2.07 bits per heavy atom. The van der Waals surface area contributed by atoms with Crippen LogP contribution in [0.15, 0.2) is 36.4 Å². The van der Waals surface area contributed by atoms with Crippen LogP contribution in [0.1, 0.15) is 37.0 Å². The smallest absolute Gasteiger partial charge is 0.232 e. The number of halogens is 2. The van der Waals surface area contributed by atoms with Crippen LogP contribution >= 0.6 is 23.2 Å². The van der Waals surface area contributed by atoms with Crippen molar-refractivity contribution >= 4 is 46.4 Å². The first-order chi connectivity index (χ1) is 14.2. The molecule has 30 heavy (non-hydrogen) atoms. The van der Waals surface area contributed by atoms with Gasteiger partial charge in [-0.3, -0.25) is 9.59 Å². The van der Waals surface area contributed by atoms with Crippen LogP contribution in [0, 0.1) is 17.2 Å². The van der Waals surface area contributed by atoms with Crippen molar-refractivity contribution in [1.82, 2.24) is 0 Å². The molecular weight excluding hydrogens is 421 g/mol. The Hall–Kier alpha value is -2.55. The first kappa shape index (κ1) is 20.7. The van der Waals surface area contributed by atoms with Crippen LogP contribution < -0.4 is 9.80 Å². The highest BCUT2D eigenvalue weighted by Crippen LogP contribution is 2.44. The molecule has 1 unspecified atom stereocenters. The highest BCUT2D eigenvalue weighted by atomic mass is 35.5. The molecule has 2 aromatic rings. The molecule has 7 heteroatoms. The molecular formula is C23H21Cl2N3O2. The van der Waals surface area contributed by atoms with Gasteiger partial charge in [0.05, 0.1) is 17.6 Å². The molecule has 4 rings (SSSR count). The van der Waals surface area contributed by atoms with Crippen LogP contribution in [-0.2, 0) is 20.9 Å². The molecule has 2 aliphatic rings. The summed E-state index contributed by atoms with van der Waals surface area (Å²) in [6.07, 6.45) is 0.148. The summed E-state index contributed by atoms with van der Waals surface area (Å²) < 4.78 is 0. The quantitative estimate of drug-likeness (QED) is 0.652. The normalized spacial score (nSPS) is 19.7. The summed E-state index contributed by atoms with van der Waals surface area (Å²) in [5.41, 5.74) is 3.57. The number of hydrogen-bond acceptors (Lipinski definition) is 3. The Balaban J connectivity index is 1.61. The molecule has 2 aliphatic heterocycles. The van der Waals surface area contributed by atoms with Gasteiger partial charge >= 0.3 is 0 Å².